The van der Waals surface area contributed by atoms with Crippen LogP contribution in [0.2, 0.25) is 0 Å². The van der Waals surface area contributed by atoms with E-state index >= 15 is 0 Å². The van der Waals surface area contributed by atoms with E-state index in [1.807, 2.05) is 0 Å². The smallest absolute Gasteiger partial charge is 0.347 e. The van der Waals surface area contributed by atoms with Crippen molar-refractivity contribution in [1.82, 2.24) is 15.0 Å². The van der Waals surface area contributed by atoms with Crippen molar-refractivity contribution in [3.8, 4) is 0 Å². The Morgan fingerprint density at radius 3 is 2.84 bits per heavy atom. The number of carboxylic acids is 1. The average molecular weight is 299 g/mol. The Morgan fingerprint density at radius 2 is 2.26 bits per heavy atom. The lowest BCUT2D eigenvalue weighted by Gasteiger charge is -2.02. The molecule has 2 heterocycles. The lowest BCUT2D eigenvalue weighted by atomic mass is 10.3. The molecule has 0 aliphatic rings. The molecule has 0 aromatic carbocycles. The molecule has 0 aliphatic carbocycles. The quantitative estimate of drug-likeness (QED) is 0.875. The van der Waals surface area contributed by atoms with Crippen LogP contribution in [0.3, 0.4) is 0 Å². The van der Waals surface area contributed by atoms with Gasteiger partial charge >= 0.3 is 5.97 Å². The monoisotopic (exact) mass is 299 g/mol. The van der Waals surface area contributed by atoms with Crippen molar-refractivity contribution in [2.45, 2.75) is 29.6 Å². The second kappa shape index (κ2) is 5.62. The minimum atomic E-state index is -1.03. The summed E-state index contributed by atoms with van der Waals surface area (Å²) in [6.45, 7) is 3.41. The van der Waals surface area contributed by atoms with Gasteiger partial charge in [-0.2, -0.15) is 0 Å². The second-order valence-corrected chi connectivity index (χ2v) is 5.83. The van der Waals surface area contributed by atoms with Crippen molar-refractivity contribution in [3.63, 3.8) is 0 Å². The number of nitrogens with zero attached hydrogens (tertiary/aromatic N) is 3. The first-order valence-corrected chi connectivity index (χ1v) is 7.04. The number of carbonyl (C=O) groups is 1. The van der Waals surface area contributed by atoms with Crippen LogP contribution in [0.4, 0.5) is 4.39 Å². The summed E-state index contributed by atoms with van der Waals surface area (Å²) in [6, 6.07) is 0. The summed E-state index contributed by atoms with van der Waals surface area (Å²) in [7, 11) is 0. The van der Waals surface area contributed by atoms with E-state index in [0.29, 0.717) is 22.1 Å². The van der Waals surface area contributed by atoms with Crippen LogP contribution in [-0.2, 0) is 6.42 Å². The van der Waals surface area contributed by atoms with E-state index in [9.17, 15) is 9.18 Å². The Balaban J connectivity index is 2.31. The Bertz CT molecular complexity index is 630. The van der Waals surface area contributed by atoms with Gasteiger partial charge in [-0.3, -0.25) is 0 Å². The Hall–Kier alpha value is -1.54. The topological polar surface area (TPSA) is 76.0 Å². The van der Waals surface area contributed by atoms with E-state index in [1.54, 1.807) is 13.8 Å². The molecular weight excluding hydrogens is 289 g/mol. The third-order valence-electron chi connectivity index (χ3n) is 2.32. The molecule has 1 N–H and O–H groups in total. The van der Waals surface area contributed by atoms with Gasteiger partial charge in [-0.05, 0) is 25.1 Å². The first kappa shape index (κ1) is 13.9. The Morgan fingerprint density at radius 1 is 1.53 bits per heavy atom. The lowest BCUT2D eigenvalue weighted by molar-refractivity contribution is 0.0701. The van der Waals surface area contributed by atoms with Crippen LogP contribution in [0, 0.1) is 12.7 Å². The van der Waals surface area contributed by atoms with E-state index < -0.39 is 11.8 Å². The van der Waals surface area contributed by atoms with Gasteiger partial charge in [0, 0.05) is 0 Å². The fourth-order valence-electron chi connectivity index (χ4n) is 1.40. The maximum Gasteiger partial charge on any atom is 0.347 e. The number of hydrogen-bond donors (Lipinski definition) is 1. The maximum absolute atomic E-state index is 13.9. The first-order valence-electron chi connectivity index (χ1n) is 5.40. The molecule has 5 nitrogen and oxygen atoms in total. The largest absolute Gasteiger partial charge is 0.477 e. The number of aromatic nitrogens is 3. The van der Waals surface area contributed by atoms with Crippen molar-refractivity contribution in [1.29, 1.82) is 0 Å². The van der Waals surface area contributed by atoms with Gasteiger partial charge in [0.15, 0.2) is 10.2 Å². The summed E-state index contributed by atoms with van der Waals surface area (Å²) < 4.78 is 14.4. The molecule has 0 aliphatic heterocycles. The number of aromatic carboxylic acids is 1. The molecule has 0 atom stereocenters. The highest BCUT2D eigenvalue weighted by Gasteiger charge is 2.17. The second-order valence-electron chi connectivity index (χ2n) is 3.59. The minimum absolute atomic E-state index is 0.160. The van der Waals surface area contributed by atoms with Crippen molar-refractivity contribution in [3.05, 3.63) is 28.4 Å². The molecule has 8 heteroatoms. The number of thiazole rings is 1. The van der Waals surface area contributed by atoms with Crippen molar-refractivity contribution in [2.24, 2.45) is 0 Å². The zero-order chi connectivity index (χ0) is 14.0. The number of halogens is 1. The zero-order valence-electron chi connectivity index (χ0n) is 10.2. The highest BCUT2D eigenvalue weighted by atomic mass is 32.2. The van der Waals surface area contributed by atoms with Gasteiger partial charge in [0.25, 0.3) is 0 Å². The van der Waals surface area contributed by atoms with Crippen molar-refractivity contribution >= 4 is 29.1 Å². The zero-order valence-corrected chi connectivity index (χ0v) is 11.8. The summed E-state index contributed by atoms with van der Waals surface area (Å²) in [5, 5.41) is 9.11. The summed E-state index contributed by atoms with van der Waals surface area (Å²) in [5.41, 5.74) is 0.759. The van der Waals surface area contributed by atoms with Gasteiger partial charge in [0.1, 0.15) is 16.2 Å². The van der Waals surface area contributed by atoms with Gasteiger partial charge in [0.05, 0.1) is 11.4 Å². The summed E-state index contributed by atoms with van der Waals surface area (Å²) in [6.07, 6.45) is 1.77. The van der Waals surface area contributed by atoms with E-state index in [2.05, 4.69) is 15.0 Å². The molecule has 2 aromatic heterocycles. The molecular formula is C11H10FN3O2S2. The van der Waals surface area contributed by atoms with Crippen LogP contribution in [0.1, 0.15) is 28.0 Å². The minimum Gasteiger partial charge on any atom is -0.477 e. The van der Waals surface area contributed by atoms with Crippen LogP contribution >= 0.6 is 23.1 Å². The molecule has 2 aromatic rings. The predicted octanol–water partition coefficient (Wildman–Crippen LogP) is 2.79. The highest BCUT2D eigenvalue weighted by molar-refractivity contribution is 8.01. The van der Waals surface area contributed by atoms with Crippen molar-refractivity contribution in [2.75, 3.05) is 0 Å². The van der Waals surface area contributed by atoms with Crippen LogP contribution < -0.4 is 0 Å². The van der Waals surface area contributed by atoms with Gasteiger partial charge in [-0.1, -0.05) is 18.3 Å². The molecule has 0 bridgehead atoms. The van der Waals surface area contributed by atoms with Gasteiger partial charge in [0.2, 0.25) is 0 Å². The predicted molar refractivity (Wildman–Crippen MR) is 69.3 cm³/mol. The fourth-order valence-corrected chi connectivity index (χ4v) is 3.35. The molecule has 2 rings (SSSR count). The normalized spacial score (nSPS) is 10.7. The number of hydrogen-bond acceptors (Lipinski definition) is 6. The van der Waals surface area contributed by atoms with E-state index in [-0.39, 0.29) is 9.90 Å². The molecule has 0 spiro atoms. The average Bonchev–Trinajstić information content (AvgIpc) is 2.73. The molecule has 100 valence electrons. The van der Waals surface area contributed by atoms with Crippen molar-refractivity contribution < 1.29 is 14.3 Å². The van der Waals surface area contributed by atoms with E-state index in [0.717, 1.165) is 23.1 Å². The number of aryl methyl sites for hydroxylation is 2. The van der Waals surface area contributed by atoms with Crippen LogP contribution in [0.15, 0.2) is 15.7 Å². The molecule has 0 fully saturated rings. The molecule has 0 amide bonds. The standard InChI is InChI=1S/C11H10FN3O2S2/c1-3-6-7(12)9(14-4-13-6)19-11-15-5(2)8(18-11)10(16)17/h4H,3H2,1-2H3,(H,16,17). The van der Waals surface area contributed by atoms with Gasteiger partial charge in [-0.25, -0.2) is 24.1 Å². The van der Waals surface area contributed by atoms with Crippen LogP contribution in [-0.4, -0.2) is 26.0 Å². The van der Waals surface area contributed by atoms with Gasteiger partial charge in [-0.15, -0.1) is 0 Å². The first-order chi connectivity index (χ1) is 9.02. The van der Waals surface area contributed by atoms with E-state index in [4.69, 9.17) is 5.11 Å². The van der Waals surface area contributed by atoms with Gasteiger partial charge < -0.3 is 5.11 Å². The van der Waals surface area contributed by atoms with Crippen LogP contribution in [0.25, 0.3) is 0 Å². The third-order valence-corrected chi connectivity index (χ3v) is 4.50. The third kappa shape index (κ3) is 2.90. The Labute approximate surface area is 116 Å². The fraction of sp³-hybridized carbons (Fsp3) is 0.273. The molecule has 0 saturated heterocycles. The highest BCUT2D eigenvalue weighted by Crippen LogP contribution is 2.33. The van der Waals surface area contributed by atoms with Crippen LogP contribution in [0.5, 0.6) is 0 Å². The molecule has 0 saturated carbocycles. The lowest BCUT2D eigenvalue weighted by Crippen LogP contribution is -1.97. The number of rotatable bonds is 4. The summed E-state index contributed by atoms with van der Waals surface area (Å²) in [4.78, 5) is 22.9. The molecule has 0 radical (unpaired) electrons. The van der Waals surface area contributed by atoms with E-state index in [1.165, 1.54) is 6.33 Å². The molecule has 19 heavy (non-hydrogen) atoms. The Kier molecular flexibility index (Phi) is 4.11. The summed E-state index contributed by atoms with van der Waals surface area (Å²) in [5.74, 6) is -1.50. The summed E-state index contributed by atoms with van der Waals surface area (Å²) >= 11 is 2.02. The SMILES string of the molecule is CCc1ncnc(Sc2nc(C)c(C(=O)O)s2)c1F. The maximum atomic E-state index is 13.9. The number of carboxylic acid groups (broad SMARTS) is 1. The molecule has 0 unspecified atom stereocenters.